The Morgan fingerprint density at radius 2 is 2.12 bits per heavy atom. The zero-order valence-corrected chi connectivity index (χ0v) is 9.69. The van der Waals surface area contributed by atoms with E-state index in [1.54, 1.807) is 0 Å². The van der Waals surface area contributed by atoms with E-state index < -0.39 is 5.60 Å². The van der Waals surface area contributed by atoms with E-state index in [-0.39, 0.29) is 30.4 Å². The summed E-state index contributed by atoms with van der Waals surface area (Å²) in [5.74, 6) is 0.172. The average molecular weight is 249 g/mol. The van der Waals surface area contributed by atoms with E-state index in [4.69, 9.17) is 21.4 Å². The molecule has 1 rings (SSSR count). The summed E-state index contributed by atoms with van der Waals surface area (Å²) in [6.45, 7) is 1.17. The maximum atomic E-state index is 9.53. The molecule has 0 spiro atoms. The molecule has 0 aliphatic rings. The minimum atomic E-state index is -1.26. The molecule has 0 fully saturated rings. The highest BCUT2D eigenvalue weighted by atomic mass is 35.5. The first-order valence-corrected chi connectivity index (χ1v) is 4.87. The van der Waals surface area contributed by atoms with Crippen LogP contribution in [0.25, 0.3) is 0 Å². The quantitative estimate of drug-likeness (QED) is 0.657. The van der Waals surface area contributed by atoms with Gasteiger partial charge in [-0.1, -0.05) is 0 Å². The van der Waals surface area contributed by atoms with Crippen LogP contribution in [0.2, 0.25) is 5.28 Å². The highest BCUT2D eigenvalue weighted by Gasteiger charge is 2.19. The molecular formula is C8H13ClN4O3. The Bertz CT molecular complexity index is 361. The predicted octanol–water partition coefficient (Wildman–Crippen LogP) is -0.311. The fraction of sp³-hybridized carbons (Fsp3) is 0.625. The van der Waals surface area contributed by atoms with Gasteiger partial charge in [-0.3, -0.25) is 0 Å². The maximum Gasteiger partial charge on any atom is 0.322 e. The van der Waals surface area contributed by atoms with Crippen LogP contribution in [-0.4, -0.2) is 51.0 Å². The van der Waals surface area contributed by atoms with E-state index in [9.17, 15) is 5.11 Å². The summed E-state index contributed by atoms with van der Waals surface area (Å²) < 4.78 is 4.80. The van der Waals surface area contributed by atoms with Gasteiger partial charge < -0.3 is 20.3 Å². The van der Waals surface area contributed by atoms with Crippen molar-refractivity contribution in [3.63, 3.8) is 0 Å². The Morgan fingerprint density at radius 1 is 1.44 bits per heavy atom. The summed E-state index contributed by atoms with van der Waals surface area (Å²) in [6.07, 6.45) is 0. The number of nitrogens with one attached hydrogen (secondary N) is 1. The van der Waals surface area contributed by atoms with Crippen molar-refractivity contribution < 1.29 is 14.9 Å². The highest BCUT2D eigenvalue weighted by Crippen LogP contribution is 2.11. The van der Waals surface area contributed by atoms with Crippen LogP contribution in [0.5, 0.6) is 6.01 Å². The number of hydrogen-bond acceptors (Lipinski definition) is 7. The van der Waals surface area contributed by atoms with E-state index in [0.717, 1.165) is 0 Å². The summed E-state index contributed by atoms with van der Waals surface area (Å²) in [7, 11) is 1.40. The molecule has 1 atom stereocenters. The fourth-order valence-electron chi connectivity index (χ4n) is 0.828. The van der Waals surface area contributed by atoms with Gasteiger partial charge in [0.2, 0.25) is 11.2 Å². The van der Waals surface area contributed by atoms with Crippen molar-refractivity contribution in [1.29, 1.82) is 0 Å². The third-order valence-electron chi connectivity index (χ3n) is 1.74. The minimum Gasteiger partial charge on any atom is -0.467 e. The summed E-state index contributed by atoms with van der Waals surface area (Å²) in [4.78, 5) is 11.3. The standard InChI is InChI=1S/C8H13ClN4O3/c1-8(15,4-14)3-10-6-11-5(9)12-7(13-6)16-2/h14-15H,3-4H2,1-2H3,(H,10,11,12,13). The molecule has 0 aromatic carbocycles. The molecule has 0 aliphatic heterocycles. The van der Waals surface area contributed by atoms with Gasteiger partial charge in [0.15, 0.2) is 0 Å². The van der Waals surface area contributed by atoms with Crippen LogP contribution in [0.15, 0.2) is 0 Å². The van der Waals surface area contributed by atoms with E-state index in [1.165, 1.54) is 14.0 Å². The van der Waals surface area contributed by atoms with Crippen molar-refractivity contribution in [2.45, 2.75) is 12.5 Å². The van der Waals surface area contributed by atoms with Crippen LogP contribution in [0.1, 0.15) is 6.92 Å². The topological polar surface area (TPSA) is 100 Å². The average Bonchev–Trinajstić information content (AvgIpc) is 2.26. The Morgan fingerprint density at radius 3 is 2.69 bits per heavy atom. The van der Waals surface area contributed by atoms with E-state index in [1.807, 2.05) is 0 Å². The third kappa shape index (κ3) is 3.76. The lowest BCUT2D eigenvalue weighted by Gasteiger charge is -2.20. The number of aliphatic hydroxyl groups is 2. The van der Waals surface area contributed by atoms with Gasteiger partial charge in [-0.05, 0) is 18.5 Å². The van der Waals surface area contributed by atoms with E-state index in [0.29, 0.717) is 0 Å². The highest BCUT2D eigenvalue weighted by molar-refractivity contribution is 6.28. The lowest BCUT2D eigenvalue weighted by Crippen LogP contribution is -2.37. The van der Waals surface area contributed by atoms with Crippen LogP contribution in [0.4, 0.5) is 5.95 Å². The molecular weight excluding hydrogens is 236 g/mol. The lowest BCUT2D eigenvalue weighted by atomic mass is 10.1. The first-order chi connectivity index (χ1) is 7.46. The van der Waals surface area contributed by atoms with Crippen LogP contribution in [0.3, 0.4) is 0 Å². The van der Waals surface area contributed by atoms with Gasteiger partial charge in [0.1, 0.15) is 5.60 Å². The van der Waals surface area contributed by atoms with Crippen LogP contribution < -0.4 is 10.1 Å². The molecule has 0 aliphatic carbocycles. The number of aromatic nitrogens is 3. The van der Waals surface area contributed by atoms with Crippen molar-refractivity contribution in [2.75, 3.05) is 25.6 Å². The number of rotatable bonds is 5. The maximum absolute atomic E-state index is 9.53. The molecule has 90 valence electrons. The van der Waals surface area contributed by atoms with Crippen LogP contribution in [0, 0.1) is 0 Å². The number of methoxy groups -OCH3 is 1. The molecule has 0 bridgehead atoms. The van der Waals surface area contributed by atoms with Crippen molar-refractivity contribution in [2.24, 2.45) is 0 Å². The molecule has 0 saturated heterocycles. The number of anilines is 1. The Hall–Kier alpha value is -1.18. The molecule has 0 radical (unpaired) electrons. The van der Waals surface area contributed by atoms with Gasteiger partial charge in [0, 0.05) is 6.54 Å². The number of aliphatic hydroxyl groups excluding tert-OH is 1. The minimum absolute atomic E-state index is 0.0157. The van der Waals surface area contributed by atoms with Gasteiger partial charge in [-0.15, -0.1) is 0 Å². The smallest absolute Gasteiger partial charge is 0.322 e. The third-order valence-corrected chi connectivity index (χ3v) is 1.91. The van der Waals surface area contributed by atoms with Crippen LogP contribution >= 0.6 is 11.6 Å². The largest absolute Gasteiger partial charge is 0.467 e. The SMILES string of the molecule is COc1nc(Cl)nc(NCC(C)(O)CO)n1. The van der Waals surface area contributed by atoms with Gasteiger partial charge in [0.05, 0.1) is 13.7 Å². The zero-order valence-electron chi connectivity index (χ0n) is 8.94. The molecule has 1 aromatic rings. The van der Waals surface area contributed by atoms with Gasteiger partial charge >= 0.3 is 6.01 Å². The number of halogens is 1. The van der Waals surface area contributed by atoms with Crippen molar-refractivity contribution in [3.8, 4) is 6.01 Å². The predicted molar refractivity (Wildman–Crippen MR) is 57.6 cm³/mol. The summed E-state index contributed by atoms with van der Waals surface area (Å²) in [5, 5.41) is 21.1. The number of ether oxygens (including phenoxy) is 1. The number of nitrogens with zero attached hydrogens (tertiary/aromatic N) is 3. The summed E-state index contributed by atoms with van der Waals surface area (Å²) in [5.41, 5.74) is -1.26. The second-order valence-corrected chi connectivity index (χ2v) is 3.76. The Kier molecular flexibility index (Phi) is 4.22. The summed E-state index contributed by atoms with van der Waals surface area (Å²) >= 11 is 5.62. The monoisotopic (exact) mass is 248 g/mol. The Balaban J connectivity index is 2.70. The number of hydrogen-bond donors (Lipinski definition) is 3. The normalized spacial score (nSPS) is 14.3. The lowest BCUT2D eigenvalue weighted by molar-refractivity contribution is 0.0131. The van der Waals surface area contributed by atoms with Crippen molar-refractivity contribution in [1.82, 2.24) is 15.0 Å². The molecule has 1 unspecified atom stereocenters. The van der Waals surface area contributed by atoms with Gasteiger partial charge in [-0.25, -0.2) is 0 Å². The molecule has 3 N–H and O–H groups in total. The van der Waals surface area contributed by atoms with E-state index in [2.05, 4.69) is 20.3 Å². The van der Waals surface area contributed by atoms with Crippen molar-refractivity contribution in [3.05, 3.63) is 5.28 Å². The van der Waals surface area contributed by atoms with Crippen LogP contribution in [-0.2, 0) is 0 Å². The van der Waals surface area contributed by atoms with Crippen molar-refractivity contribution >= 4 is 17.5 Å². The zero-order chi connectivity index (χ0) is 12.2. The summed E-state index contributed by atoms with van der Waals surface area (Å²) in [6, 6.07) is 0.0751. The second kappa shape index (κ2) is 5.24. The van der Waals surface area contributed by atoms with E-state index >= 15 is 0 Å². The second-order valence-electron chi connectivity index (χ2n) is 3.42. The molecule has 1 aromatic heterocycles. The Labute approximate surface area is 97.5 Å². The molecule has 7 nitrogen and oxygen atoms in total. The van der Waals surface area contributed by atoms with Gasteiger partial charge in [0.25, 0.3) is 0 Å². The molecule has 0 saturated carbocycles. The first-order valence-electron chi connectivity index (χ1n) is 4.49. The molecule has 8 heteroatoms. The van der Waals surface area contributed by atoms with Gasteiger partial charge in [-0.2, -0.15) is 15.0 Å². The molecule has 1 heterocycles. The molecule has 0 amide bonds. The fourth-order valence-corrected chi connectivity index (χ4v) is 0.980. The molecule has 16 heavy (non-hydrogen) atoms. The first kappa shape index (κ1) is 12.9.